The number of rotatable bonds is 10. The van der Waals surface area contributed by atoms with Gasteiger partial charge in [-0.05, 0) is 48.4 Å². The molecule has 2 aliphatic carbocycles. The summed E-state index contributed by atoms with van der Waals surface area (Å²) in [6, 6.07) is 16.1. The Hall–Kier alpha value is -3.39. The minimum Gasteiger partial charge on any atom is -0.481 e. The molecule has 2 aromatic carbocycles. The van der Waals surface area contributed by atoms with Gasteiger partial charge in [0.25, 0.3) is 0 Å². The molecule has 3 N–H and O–H groups in total. The third-order valence-corrected chi connectivity index (χ3v) is 6.78. The van der Waals surface area contributed by atoms with Crippen molar-refractivity contribution in [1.82, 2.24) is 10.6 Å². The van der Waals surface area contributed by atoms with Crippen molar-refractivity contribution in [2.75, 3.05) is 19.8 Å². The molecular formula is C27H32N2O6. The third kappa shape index (κ3) is 6.00. The summed E-state index contributed by atoms with van der Waals surface area (Å²) in [7, 11) is 0. The Morgan fingerprint density at radius 2 is 1.69 bits per heavy atom. The zero-order chi connectivity index (χ0) is 24.8. The Kier molecular flexibility index (Phi) is 8.02. The molecule has 186 valence electrons. The summed E-state index contributed by atoms with van der Waals surface area (Å²) in [6.07, 6.45) is 0.678. The molecular weight excluding hydrogens is 448 g/mol. The molecule has 0 aromatic heterocycles. The van der Waals surface area contributed by atoms with Crippen LogP contribution in [0.15, 0.2) is 48.5 Å². The highest BCUT2D eigenvalue weighted by Crippen LogP contribution is 2.44. The van der Waals surface area contributed by atoms with Crippen LogP contribution in [0.1, 0.15) is 49.7 Å². The number of hydrogen-bond donors (Lipinski definition) is 3. The fourth-order valence-corrected chi connectivity index (χ4v) is 5.10. The smallest absolute Gasteiger partial charge is 0.407 e. The number of aliphatic carboxylic acids is 1. The highest BCUT2D eigenvalue weighted by molar-refractivity contribution is 5.79. The first-order chi connectivity index (χ1) is 17.0. The molecule has 0 spiro atoms. The Morgan fingerprint density at radius 1 is 1.03 bits per heavy atom. The standard InChI is InChI=1S/C27H32N2O6/c1-2-34-19(14-25(30)29-18-12-11-17(13-18)26(31)32)15-28-27(33)35-16-24-22-9-5-3-7-20(22)21-8-4-6-10-23(21)24/h3-10,17-19,24H,2,11-16H2,1H3,(H,28,33)(H,29,30)(H,31,32)/t17-,18+,19?/m1/s1. The molecule has 1 saturated carbocycles. The van der Waals surface area contributed by atoms with Crippen molar-refractivity contribution in [3.05, 3.63) is 59.7 Å². The molecule has 8 heteroatoms. The SMILES string of the molecule is CCOC(CNC(=O)OCC1c2ccccc2-c2ccccc21)CC(=O)N[C@H]1CC[C@@H](C(=O)O)C1. The summed E-state index contributed by atoms with van der Waals surface area (Å²) < 4.78 is 11.2. The summed E-state index contributed by atoms with van der Waals surface area (Å²) in [5, 5.41) is 14.7. The second-order valence-electron chi connectivity index (χ2n) is 9.10. The maximum absolute atomic E-state index is 12.5. The molecule has 2 aliphatic rings. The largest absolute Gasteiger partial charge is 0.481 e. The summed E-state index contributed by atoms with van der Waals surface area (Å²) in [5.74, 6) is -1.46. The molecule has 1 unspecified atom stereocenters. The molecule has 1 fully saturated rings. The van der Waals surface area contributed by atoms with Gasteiger partial charge in [-0.25, -0.2) is 4.79 Å². The number of nitrogens with one attached hydrogen (secondary N) is 2. The van der Waals surface area contributed by atoms with E-state index < -0.39 is 24.1 Å². The van der Waals surface area contributed by atoms with Crippen molar-refractivity contribution in [3.8, 4) is 11.1 Å². The minimum absolute atomic E-state index is 0.0253. The lowest BCUT2D eigenvalue weighted by Crippen LogP contribution is -2.40. The minimum atomic E-state index is -0.818. The molecule has 0 heterocycles. The van der Waals surface area contributed by atoms with Crippen LogP contribution in [0.25, 0.3) is 11.1 Å². The van der Waals surface area contributed by atoms with Crippen LogP contribution < -0.4 is 10.6 Å². The fraction of sp³-hybridized carbons (Fsp3) is 0.444. The average molecular weight is 481 g/mol. The molecule has 0 bridgehead atoms. The topological polar surface area (TPSA) is 114 Å². The number of ether oxygens (including phenoxy) is 2. The number of benzene rings is 2. The van der Waals surface area contributed by atoms with Crippen molar-refractivity contribution in [3.63, 3.8) is 0 Å². The van der Waals surface area contributed by atoms with Gasteiger partial charge in [0.2, 0.25) is 5.91 Å². The lowest BCUT2D eigenvalue weighted by atomic mass is 9.98. The van der Waals surface area contributed by atoms with Crippen LogP contribution in [0.4, 0.5) is 4.79 Å². The summed E-state index contributed by atoms with van der Waals surface area (Å²) in [5.41, 5.74) is 4.61. The molecule has 0 radical (unpaired) electrons. The maximum Gasteiger partial charge on any atom is 0.407 e. The molecule has 0 saturated heterocycles. The lowest BCUT2D eigenvalue weighted by Gasteiger charge is -2.20. The highest BCUT2D eigenvalue weighted by Gasteiger charge is 2.31. The summed E-state index contributed by atoms with van der Waals surface area (Å²) in [4.78, 5) is 36.0. The third-order valence-electron chi connectivity index (χ3n) is 6.78. The van der Waals surface area contributed by atoms with Crippen molar-refractivity contribution < 1.29 is 29.0 Å². The zero-order valence-electron chi connectivity index (χ0n) is 19.9. The highest BCUT2D eigenvalue weighted by atomic mass is 16.5. The molecule has 2 aromatic rings. The summed E-state index contributed by atoms with van der Waals surface area (Å²) >= 11 is 0. The van der Waals surface area contributed by atoms with Crippen LogP contribution in [-0.2, 0) is 19.1 Å². The van der Waals surface area contributed by atoms with Gasteiger partial charge < -0.3 is 25.2 Å². The van der Waals surface area contributed by atoms with Crippen LogP contribution in [0.2, 0.25) is 0 Å². The van der Waals surface area contributed by atoms with E-state index in [-0.39, 0.29) is 37.4 Å². The molecule has 4 rings (SSSR count). The van der Waals surface area contributed by atoms with Crippen LogP contribution in [0.3, 0.4) is 0 Å². The predicted molar refractivity (Wildman–Crippen MR) is 130 cm³/mol. The molecule has 3 atom stereocenters. The van der Waals surface area contributed by atoms with E-state index in [2.05, 4.69) is 34.9 Å². The van der Waals surface area contributed by atoms with Crippen molar-refractivity contribution in [1.29, 1.82) is 0 Å². The number of alkyl carbamates (subject to hydrolysis) is 1. The van der Waals surface area contributed by atoms with Gasteiger partial charge in [-0.1, -0.05) is 48.5 Å². The first kappa shape index (κ1) is 24.7. The Bertz CT molecular complexity index is 1030. The Balaban J connectivity index is 1.25. The van der Waals surface area contributed by atoms with Gasteiger partial charge in [0.05, 0.1) is 18.4 Å². The van der Waals surface area contributed by atoms with Crippen LogP contribution in [0, 0.1) is 5.92 Å². The van der Waals surface area contributed by atoms with Crippen LogP contribution >= 0.6 is 0 Å². The average Bonchev–Trinajstić information content (AvgIpc) is 3.44. The number of amides is 2. The number of carboxylic acid groups (broad SMARTS) is 1. The molecule has 2 amide bonds. The first-order valence-corrected chi connectivity index (χ1v) is 12.2. The quantitative estimate of drug-likeness (QED) is 0.478. The van der Waals surface area contributed by atoms with Gasteiger partial charge in [0.1, 0.15) is 6.61 Å². The van der Waals surface area contributed by atoms with E-state index in [1.165, 1.54) is 0 Å². The van der Waals surface area contributed by atoms with E-state index in [9.17, 15) is 14.4 Å². The number of carboxylic acids is 1. The molecule has 0 aliphatic heterocycles. The van der Waals surface area contributed by atoms with Gasteiger partial charge in [-0.3, -0.25) is 9.59 Å². The number of fused-ring (bicyclic) bond motifs is 3. The van der Waals surface area contributed by atoms with E-state index in [4.69, 9.17) is 14.6 Å². The Labute approximate surface area is 205 Å². The summed E-state index contributed by atoms with van der Waals surface area (Å²) in [6.45, 7) is 2.58. The van der Waals surface area contributed by atoms with E-state index in [1.807, 2.05) is 31.2 Å². The van der Waals surface area contributed by atoms with Crippen molar-refractivity contribution >= 4 is 18.0 Å². The maximum atomic E-state index is 12.5. The van der Waals surface area contributed by atoms with Crippen molar-refractivity contribution in [2.45, 2.75) is 50.7 Å². The Morgan fingerprint density at radius 3 is 2.29 bits per heavy atom. The van der Waals surface area contributed by atoms with Gasteiger partial charge in [0, 0.05) is 25.1 Å². The number of carbonyl (C=O) groups excluding carboxylic acids is 2. The number of hydrogen-bond acceptors (Lipinski definition) is 5. The van der Waals surface area contributed by atoms with Gasteiger partial charge in [-0.2, -0.15) is 0 Å². The van der Waals surface area contributed by atoms with E-state index >= 15 is 0 Å². The van der Waals surface area contributed by atoms with Gasteiger partial charge in [-0.15, -0.1) is 0 Å². The monoisotopic (exact) mass is 480 g/mol. The van der Waals surface area contributed by atoms with Gasteiger partial charge in [0.15, 0.2) is 0 Å². The predicted octanol–water partition coefficient (Wildman–Crippen LogP) is 3.69. The van der Waals surface area contributed by atoms with Gasteiger partial charge >= 0.3 is 12.1 Å². The van der Waals surface area contributed by atoms with Crippen LogP contribution in [0.5, 0.6) is 0 Å². The second-order valence-corrected chi connectivity index (χ2v) is 9.10. The van der Waals surface area contributed by atoms with Crippen molar-refractivity contribution in [2.24, 2.45) is 5.92 Å². The second kappa shape index (κ2) is 11.4. The van der Waals surface area contributed by atoms with E-state index in [1.54, 1.807) is 0 Å². The van der Waals surface area contributed by atoms with E-state index in [0.29, 0.717) is 25.9 Å². The normalized spacial score (nSPS) is 19.5. The van der Waals surface area contributed by atoms with Crippen LogP contribution in [-0.4, -0.2) is 55.0 Å². The fourth-order valence-electron chi connectivity index (χ4n) is 5.10. The lowest BCUT2D eigenvalue weighted by molar-refractivity contribution is -0.141. The van der Waals surface area contributed by atoms with E-state index in [0.717, 1.165) is 22.3 Å². The molecule has 8 nitrogen and oxygen atoms in total. The molecule has 35 heavy (non-hydrogen) atoms. The number of carbonyl (C=O) groups is 3. The zero-order valence-corrected chi connectivity index (χ0v) is 19.9. The first-order valence-electron chi connectivity index (χ1n) is 12.2.